The normalized spacial score (nSPS) is 14.4. The first-order valence-electron chi connectivity index (χ1n) is 14.9. The highest BCUT2D eigenvalue weighted by Gasteiger charge is 2.40. The molecule has 0 saturated carbocycles. The van der Waals surface area contributed by atoms with Crippen LogP contribution in [0.2, 0.25) is 0 Å². The summed E-state index contributed by atoms with van der Waals surface area (Å²) in [5.74, 6) is -0.233. The van der Waals surface area contributed by atoms with Gasteiger partial charge in [-0.25, -0.2) is 13.2 Å². The molecule has 0 aliphatic carbocycles. The smallest absolute Gasteiger partial charge is 0.337 e. The van der Waals surface area contributed by atoms with Crippen LogP contribution in [-0.4, -0.2) is 34.5 Å². The molecule has 0 spiro atoms. The van der Waals surface area contributed by atoms with E-state index in [0.717, 1.165) is 16.7 Å². The van der Waals surface area contributed by atoms with E-state index in [0.29, 0.717) is 34.9 Å². The van der Waals surface area contributed by atoms with E-state index in [1.165, 1.54) is 26.4 Å². The van der Waals surface area contributed by atoms with Gasteiger partial charge in [0.1, 0.15) is 11.9 Å². The standard InChI is InChI=1S/C37H33N3O6S/c1-25-9-17-30(18-10-25)40-35(27-11-13-28(14-12-27)37(42)46-3)39(24-26-7-5-4-6-8-26)34-22-21-32(23-33(34)36(40)41)47(43,44)38-29-15-19-31(45-2)20-16-29/h4-23,35,38H,24H2,1-3H3/t35-/m1/s1. The number of hydrogen-bond acceptors (Lipinski definition) is 7. The number of hydrogen-bond donors (Lipinski definition) is 1. The molecule has 1 atom stereocenters. The second kappa shape index (κ2) is 13.0. The Balaban J connectivity index is 1.50. The summed E-state index contributed by atoms with van der Waals surface area (Å²) in [6, 6.07) is 35.6. The Morgan fingerprint density at radius 2 is 1.51 bits per heavy atom. The average molecular weight is 648 g/mol. The SMILES string of the molecule is COC(=O)c1ccc([C@@H]2N(Cc3ccccc3)c3ccc(S(=O)(=O)Nc4ccc(OC)cc4)cc3C(=O)N2c2ccc(C)cc2)cc1. The van der Waals surface area contributed by atoms with Crippen molar-refractivity contribution < 1.29 is 27.5 Å². The lowest BCUT2D eigenvalue weighted by molar-refractivity contribution is 0.0600. The van der Waals surface area contributed by atoms with Crippen molar-refractivity contribution in [1.29, 1.82) is 0 Å². The summed E-state index contributed by atoms with van der Waals surface area (Å²) in [7, 11) is -1.20. The summed E-state index contributed by atoms with van der Waals surface area (Å²) >= 11 is 0. The van der Waals surface area contributed by atoms with Gasteiger partial charge in [0.05, 0.1) is 35.9 Å². The minimum Gasteiger partial charge on any atom is -0.497 e. The Morgan fingerprint density at radius 3 is 2.15 bits per heavy atom. The number of fused-ring (bicyclic) bond motifs is 1. The van der Waals surface area contributed by atoms with Crippen molar-refractivity contribution in [1.82, 2.24) is 0 Å². The van der Waals surface area contributed by atoms with Gasteiger partial charge in [0.2, 0.25) is 0 Å². The maximum atomic E-state index is 14.6. The van der Waals surface area contributed by atoms with Crippen LogP contribution in [0.5, 0.6) is 5.75 Å². The molecule has 0 saturated heterocycles. The quantitative estimate of drug-likeness (QED) is 0.173. The van der Waals surface area contributed by atoms with Crippen LogP contribution >= 0.6 is 0 Å². The zero-order valence-electron chi connectivity index (χ0n) is 26.1. The Labute approximate surface area is 274 Å². The number of aryl methyl sites for hydroxylation is 1. The van der Waals surface area contributed by atoms with Crippen LogP contribution in [0.4, 0.5) is 17.1 Å². The summed E-state index contributed by atoms with van der Waals surface area (Å²) in [5.41, 5.74) is 4.96. The van der Waals surface area contributed by atoms with Crippen molar-refractivity contribution in [2.45, 2.75) is 24.5 Å². The fraction of sp³-hybridized carbons (Fsp3) is 0.135. The van der Waals surface area contributed by atoms with Crippen LogP contribution in [0.1, 0.15) is 43.6 Å². The van der Waals surface area contributed by atoms with E-state index in [1.54, 1.807) is 47.4 Å². The fourth-order valence-corrected chi connectivity index (χ4v) is 6.73. The third-order valence-electron chi connectivity index (χ3n) is 8.06. The van der Waals surface area contributed by atoms with E-state index in [-0.39, 0.29) is 16.4 Å². The summed E-state index contributed by atoms with van der Waals surface area (Å²) < 4.78 is 39.9. The number of benzene rings is 5. The van der Waals surface area contributed by atoms with Crippen molar-refractivity contribution in [2.75, 3.05) is 28.7 Å². The zero-order chi connectivity index (χ0) is 33.1. The fourth-order valence-electron chi connectivity index (χ4n) is 5.64. The molecule has 47 heavy (non-hydrogen) atoms. The molecule has 0 bridgehead atoms. The highest BCUT2D eigenvalue weighted by Crippen LogP contribution is 2.43. The average Bonchev–Trinajstić information content (AvgIpc) is 3.10. The van der Waals surface area contributed by atoms with Gasteiger partial charge < -0.3 is 14.4 Å². The number of carbonyl (C=O) groups excluding carboxylic acids is 2. The second-order valence-corrected chi connectivity index (χ2v) is 12.8. The molecular formula is C37H33N3O6S. The van der Waals surface area contributed by atoms with E-state index in [2.05, 4.69) is 9.62 Å². The third-order valence-corrected chi connectivity index (χ3v) is 9.44. The number of nitrogens with zero attached hydrogens (tertiary/aromatic N) is 2. The Bertz CT molecular complexity index is 2010. The van der Waals surface area contributed by atoms with Gasteiger partial charge in [-0.1, -0.05) is 60.2 Å². The number of amides is 1. The van der Waals surface area contributed by atoms with Gasteiger partial charge in [-0.3, -0.25) is 14.4 Å². The Hall–Kier alpha value is -5.61. The molecule has 9 nitrogen and oxygen atoms in total. The number of esters is 1. The molecule has 0 fully saturated rings. The van der Waals surface area contributed by atoms with Gasteiger partial charge in [0.25, 0.3) is 15.9 Å². The molecule has 1 N–H and O–H groups in total. The Morgan fingerprint density at radius 1 is 0.830 bits per heavy atom. The minimum absolute atomic E-state index is 0.0511. The summed E-state index contributed by atoms with van der Waals surface area (Å²) in [4.78, 5) is 30.5. The molecule has 5 aromatic rings. The van der Waals surface area contributed by atoms with Crippen LogP contribution in [0.15, 0.2) is 126 Å². The van der Waals surface area contributed by atoms with Crippen molar-refractivity contribution >= 4 is 39.0 Å². The van der Waals surface area contributed by atoms with E-state index in [4.69, 9.17) is 9.47 Å². The number of ether oxygens (including phenoxy) is 2. The van der Waals surface area contributed by atoms with Gasteiger partial charge in [0.15, 0.2) is 0 Å². The lowest BCUT2D eigenvalue weighted by Gasteiger charge is -2.46. The predicted octanol–water partition coefficient (Wildman–Crippen LogP) is 6.96. The van der Waals surface area contributed by atoms with Crippen molar-refractivity contribution in [3.8, 4) is 5.75 Å². The van der Waals surface area contributed by atoms with E-state index < -0.39 is 22.2 Å². The lowest BCUT2D eigenvalue weighted by atomic mass is 9.98. The van der Waals surface area contributed by atoms with Crippen molar-refractivity contribution in [3.63, 3.8) is 0 Å². The number of nitrogens with one attached hydrogen (secondary N) is 1. The molecule has 0 aromatic heterocycles. The van der Waals surface area contributed by atoms with Gasteiger partial charge in [-0.2, -0.15) is 0 Å². The minimum atomic E-state index is -4.06. The topological polar surface area (TPSA) is 105 Å². The largest absolute Gasteiger partial charge is 0.497 e. The van der Waals surface area contributed by atoms with Crippen LogP contribution < -0.4 is 19.3 Å². The highest BCUT2D eigenvalue weighted by atomic mass is 32.2. The number of rotatable bonds is 9. The molecule has 1 aliphatic rings. The first-order chi connectivity index (χ1) is 22.7. The molecule has 1 aliphatic heterocycles. The molecule has 1 amide bonds. The molecule has 6 rings (SSSR count). The molecule has 0 radical (unpaired) electrons. The monoisotopic (exact) mass is 647 g/mol. The summed E-state index contributed by atoms with van der Waals surface area (Å²) in [6.07, 6.45) is -0.635. The third kappa shape index (κ3) is 6.41. The van der Waals surface area contributed by atoms with Gasteiger partial charge in [-0.05, 0) is 84.8 Å². The first kappa shape index (κ1) is 31.4. The number of carbonyl (C=O) groups is 2. The number of sulfonamides is 1. The maximum Gasteiger partial charge on any atom is 0.337 e. The van der Waals surface area contributed by atoms with E-state index in [1.807, 2.05) is 73.7 Å². The van der Waals surface area contributed by atoms with E-state index in [9.17, 15) is 18.0 Å². The predicted molar refractivity (Wildman–Crippen MR) is 181 cm³/mol. The molecule has 238 valence electrons. The maximum absolute atomic E-state index is 14.6. The van der Waals surface area contributed by atoms with Crippen molar-refractivity contribution in [2.24, 2.45) is 0 Å². The van der Waals surface area contributed by atoms with Crippen LogP contribution in [0.3, 0.4) is 0 Å². The van der Waals surface area contributed by atoms with Crippen LogP contribution in [0, 0.1) is 6.92 Å². The second-order valence-electron chi connectivity index (χ2n) is 11.1. The van der Waals surface area contributed by atoms with Crippen LogP contribution in [-0.2, 0) is 21.3 Å². The molecule has 1 heterocycles. The van der Waals surface area contributed by atoms with Gasteiger partial charge >= 0.3 is 5.97 Å². The highest BCUT2D eigenvalue weighted by molar-refractivity contribution is 7.92. The summed E-state index contributed by atoms with van der Waals surface area (Å²) in [6.45, 7) is 2.37. The van der Waals surface area contributed by atoms with Gasteiger partial charge in [0, 0.05) is 17.9 Å². The number of methoxy groups -OCH3 is 2. The lowest BCUT2D eigenvalue weighted by Crippen LogP contribution is -2.49. The first-order valence-corrected chi connectivity index (χ1v) is 16.4. The Kier molecular flexibility index (Phi) is 8.69. The molecule has 0 unspecified atom stereocenters. The van der Waals surface area contributed by atoms with Crippen molar-refractivity contribution in [3.05, 3.63) is 149 Å². The van der Waals surface area contributed by atoms with Crippen LogP contribution in [0.25, 0.3) is 0 Å². The summed E-state index contributed by atoms with van der Waals surface area (Å²) in [5, 5.41) is 0. The number of anilines is 3. The van der Waals surface area contributed by atoms with Gasteiger partial charge in [-0.15, -0.1) is 0 Å². The molecule has 10 heteroatoms. The molecule has 5 aromatic carbocycles. The van der Waals surface area contributed by atoms with E-state index >= 15 is 0 Å². The zero-order valence-corrected chi connectivity index (χ0v) is 26.9. The molecular weight excluding hydrogens is 614 g/mol.